The van der Waals surface area contributed by atoms with E-state index in [2.05, 4.69) is 97.7 Å². The van der Waals surface area contributed by atoms with Gasteiger partial charge in [0, 0.05) is 15.5 Å². The van der Waals surface area contributed by atoms with Crippen LogP contribution in [0.1, 0.15) is 27.7 Å². The van der Waals surface area contributed by atoms with E-state index in [4.69, 9.17) is 0 Å². The summed E-state index contributed by atoms with van der Waals surface area (Å²) >= 11 is 0. The second-order valence-corrected chi connectivity index (χ2v) is 11.1. The first-order valence-electron chi connectivity index (χ1n) is 8.96. The smallest absolute Gasteiger partial charge is 0.0420 e. The van der Waals surface area contributed by atoms with Crippen molar-refractivity contribution in [1.29, 1.82) is 0 Å². The van der Waals surface area contributed by atoms with Crippen LogP contribution in [0.3, 0.4) is 0 Å². The molecule has 24 heavy (non-hydrogen) atoms. The number of hydrogen-bond acceptors (Lipinski definition) is 2. The van der Waals surface area contributed by atoms with Gasteiger partial charge in [-0.05, 0) is 36.8 Å². The third-order valence-corrected chi connectivity index (χ3v) is 12.2. The van der Waals surface area contributed by atoms with Crippen molar-refractivity contribution in [2.24, 2.45) is 0 Å². The Morgan fingerprint density at radius 1 is 0.542 bits per heavy atom. The molecular formula is C20H30N2P2. The molecule has 0 saturated carbocycles. The summed E-state index contributed by atoms with van der Waals surface area (Å²) in [7, 11) is -0.772. The molecule has 0 radical (unpaired) electrons. The molecule has 0 aliphatic heterocycles. The zero-order chi connectivity index (χ0) is 17.4. The van der Waals surface area contributed by atoms with E-state index in [-0.39, 0.29) is 15.5 Å². The maximum absolute atomic E-state index is 2.68. The van der Waals surface area contributed by atoms with Crippen molar-refractivity contribution >= 4 is 26.1 Å². The van der Waals surface area contributed by atoms with Gasteiger partial charge in [-0.3, -0.25) is 9.34 Å². The summed E-state index contributed by atoms with van der Waals surface area (Å²) in [5.74, 6) is 0. The molecule has 0 aliphatic rings. The van der Waals surface area contributed by atoms with Crippen LogP contribution in [-0.2, 0) is 0 Å². The van der Waals surface area contributed by atoms with Gasteiger partial charge in [0.25, 0.3) is 0 Å². The Hall–Kier alpha value is -0.780. The van der Waals surface area contributed by atoms with E-state index in [1.165, 1.54) is 10.6 Å². The van der Waals surface area contributed by atoms with Gasteiger partial charge in [-0.1, -0.05) is 88.4 Å². The third kappa shape index (κ3) is 4.64. The molecule has 0 heterocycles. The van der Waals surface area contributed by atoms with Crippen LogP contribution in [0, 0.1) is 0 Å². The largest absolute Gasteiger partial charge is 0.274 e. The minimum absolute atomic E-state index is 0.386. The summed E-state index contributed by atoms with van der Waals surface area (Å²) in [4.78, 5) is 0. The molecule has 2 aromatic rings. The van der Waals surface area contributed by atoms with Crippen molar-refractivity contribution in [1.82, 2.24) is 9.34 Å². The highest BCUT2D eigenvalue weighted by Crippen LogP contribution is 2.70. The monoisotopic (exact) mass is 360 g/mol. The van der Waals surface area contributed by atoms with Gasteiger partial charge < -0.3 is 0 Å². The average molecular weight is 360 g/mol. The number of nitrogens with zero attached hydrogens (tertiary/aromatic N) is 2. The van der Waals surface area contributed by atoms with Crippen LogP contribution in [0.15, 0.2) is 60.7 Å². The first-order valence-corrected chi connectivity index (χ1v) is 12.3. The Balaban J connectivity index is 2.55. The van der Waals surface area contributed by atoms with Crippen molar-refractivity contribution < 1.29 is 0 Å². The number of hydrogen-bond donors (Lipinski definition) is 0. The lowest BCUT2D eigenvalue weighted by Gasteiger charge is -2.41. The molecule has 0 bridgehead atoms. The molecule has 2 nitrogen and oxygen atoms in total. The van der Waals surface area contributed by atoms with E-state index in [0.29, 0.717) is 0 Å². The van der Waals surface area contributed by atoms with Gasteiger partial charge in [-0.2, -0.15) is 0 Å². The normalized spacial score (nSPS) is 14.1. The fourth-order valence-corrected chi connectivity index (χ4v) is 11.5. The third-order valence-electron chi connectivity index (χ3n) is 4.15. The molecule has 0 aromatic heterocycles. The Labute approximate surface area is 150 Å². The predicted molar refractivity (Wildman–Crippen MR) is 112 cm³/mol. The summed E-state index contributed by atoms with van der Waals surface area (Å²) in [6.45, 7) is 13.6. The van der Waals surface area contributed by atoms with E-state index in [0.717, 1.165) is 26.2 Å². The fourth-order valence-electron chi connectivity index (χ4n) is 2.89. The number of rotatable bonds is 9. The Bertz CT molecular complexity index is 515. The van der Waals surface area contributed by atoms with Crippen LogP contribution in [0.5, 0.6) is 0 Å². The first-order chi connectivity index (χ1) is 11.8. The van der Waals surface area contributed by atoms with Crippen LogP contribution in [0.2, 0.25) is 0 Å². The maximum atomic E-state index is 2.68. The fraction of sp³-hybridized carbons (Fsp3) is 0.400. The summed E-state index contributed by atoms with van der Waals surface area (Å²) in [5.41, 5.74) is 0. The van der Waals surface area contributed by atoms with Crippen LogP contribution in [0.25, 0.3) is 0 Å². The van der Waals surface area contributed by atoms with Crippen LogP contribution in [-0.4, -0.2) is 35.5 Å². The molecular weight excluding hydrogens is 330 g/mol. The average Bonchev–Trinajstić information content (AvgIpc) is 2.66. The van der Waals surface area contributed by atoms with Gasteiger partial charge in [0.15, 0.2) is 0 Å². The molecule has 0 aliphatic carbocycles. The second kappa shape index (κ2) is 10.3. The van der Waals surface area contributed by atoms with Gasteiger partial charge in [0.05, 0.1) is 0 Å². The Kier molecular flexibility index (Phi) is 8.36. The molecule has 0 saturated heterocycles. The van der Waals surface area contributed by atoms with Gasteiger partial charge >= 0.3 is 0 Å². The summed E-state index contributed by atoms with van der Waals surface area (Å²) < 4.78 is 5.36. The maximum Gasteiger partial charge on any atom is 0.0420 e. The van der Waals surface area contributed by atoms with E-state index in [1.807, 2.05) is 0 Å². The molecule has 130 valence electrons. The molecule has 0 spiro atoms. The minimum atomic E-state index is -0.386. The van der Waals surface area contributed by atoms with E-state index < -0.39 is 0 Å². The molecule has 2 rings (SSSR count). The lowest BCUT2D eigenvalue weighted by atomic mass is 10.4. The molecule has 0 amide bonds. The summed E-state index contributed by atoms with van der Waals surface area (Å²) in [6, 6.07) is 22.3. The van der Waals surface area contributed by atoms with Crippen molar-refractivity contribution in [3.05, 3.63) is 60.7 Å². The topological polar surface area (TPSA) is 6.48 Å². The molecule has 4 heteroatoms. The molecule has 2 aromatic carbocycles. The highest BCUT2D eigenvalue weighted by atomic mass is 32.1. The van der Waals surface area contributed by atoms with Crippen LogP contribution in [0.4, 0.5) is 0 Å². The highest BCUT2D eigenvalue weighted by molar-refractivity contribution is 8.33. The predicted octanol–water partition coefficient (Wildman–Crippen LogP) is 5.03. The van der Waals surface area contributed by atoms with Crippen LogP contribution < -0.4 is 10.6 Å². The van der Waals surface area contributed by atoms with Crippen molar-refractivity contribution in [2.75, 3.05) is 26.2 Å². The van der Waals surface area contributed by atoms with Gasteiger partial charge in [-0.25, -0.2) is 0 Å². The minimum Gasteiger partial charge on any atom is -0.274 e. The second-order valence-electron chi connectivity index (χ2n) is 5.53. The molecule has 2 atom stereocenters. The summed E-state index contributed by atoms with van der Waals surface area (Å²) in [5, 5.41) is 3.00. The Morgan fingerprint density at radius 2 is 0.833 bits per heavy atom. The molecule has 0 N–H and O–H groups in total. The van der Waals surface area contributed by atoms with Gasteiger partial charge in [0.2, 0.25) is 0 Å². The van der Waals surface area contributed by atoms with Gasteiger partial charge in [-0.15, -0.1) is 0 Å². The lowest BCUT2D eigenvalue weighted by Crippen LogP contribution is -2.30. The van der Waals surface area contributed by atoms with Crippen molar-refractivity contribution in [2.45, 2.75) is 27.7 Å². The van der Waals surface area contributed by atoms with E-state index in [9.17, 15) is 0 Å². The van der Waals surface area contributed by atoms with Crippen molar-refractivity contribution in [3.63, 3.8) is 0 Å². The van der Waals surface area contributed by atoms with E-state index >= 15 is 0 Å². The van der Waals surface area contributed by atoms with E-state index in [1.54, 1.807) is 0 Å². The highest BCUT2D eigenvalue weighted by Gasteiger charge is 2.32. The zero-order valence-electron chi connectivity index (χ0n) is 15.4. The SMILES string of the molecule is CCN(CC)P(c1ccccc1)P(c1ccccc1)N(CC)CC. The van der Waals surface area contributed by atoms with Crippen LogP contribution >= 0.6 is 15.5 Å². The lowest BCUT2D eigenvalue weighted by molar-refractivity contribution is 0.502. The number of benzene rings is 2. The van der Waals surface area contributed by atoms with Gasteiger partial charge in [0.1, 0.15) is 0 Å². The molecule has 0 fully saturated rings. The first kappa shape index (κ1) is 19.5. The van der Waals surface area contributed by atoms with Crippen molar-refractivity contribution in [3.8, 4) is 0 Å². The zero-order valence-corrected chi connectivity index (χ0v) is 17.2. The quantitative estimate of drug-likeness (QED) is 0.579. The molecule has 2 unspecified atom stereocenters. The Morgan fingerprint density at radius 3 is 1.08 bits per heavy atom. The summed E-state index contributed by atoms with van der Waals surface area (Å²) in [6.07, 6.45) is 0. The standard InChI is InChI=1S/C20H30N2P2/c1-5-21(6-2)23(19-15-11-9-12-16-19)24(22(7-3)8-4)20-17-13-10-14-18-20/h9-18H,5-8H2,1-4H3.